The Morgan fingerprint density at radius 1 is 1.13 bits per heavy atom. The number of rotatable bonds is 5. The highest BCUT2D eigenvalue weighted by atomic mass is 32.2. The molecule has 2 aliphatic heterocycles. The molecule has 0 bridgehead atoms. The quantitative estimate of drug-likeness (QED) is 0.536. The van der Waals surface area contributed by atoms with Crippen LogP contribution in [-0.2, 0) is 0 Å². The van der Waals surface area contributed by atoms with Gasteiger partial charge in [-0.1, -0.05) is 24.8 Å². The van der Waals surface area contributed by atoms with E-state index in [1.54, 1.807) is 7.11 Å². The Bertz CT molecular complexity index is 1110. The van der Waals surface area contributed by atoms with E-state index in [-0.39, 0.29) is 12.1 Å². The van der Waals surface area contributed by atoms with Crippen LogP contribution in [0.1, 0.15) is 48.1 Å². The van der Waals surface area contributed by atoms with Crippen LogP contribution in [0.25, 0.3) is 5.69 Å². The Morgan fingerprint density at radius 3 is 2.61 bits per heavy atom. The lowest BCUT2D eigenvalue weighted by Crippen LogP contribution is -2.35. The molecule has 3 aromatic rings. The van der Waals surface area contributed by atoms with Crippen molar-refractivity contribution in [2.24, 2.45) is 4.99 Å². The van der Waals surface area contributed by atoms with Gasteiger partial charge in [-0.25, -0.2) is 0 Å². The topological polar surface area (TPSA) is 42.6 Å². The van der Waals surface area contributed by atoms with E-state index in [1.807, 2.05) is 36.2 Å². The van der Waals surface area contributed by atoms with Crippen LogP contribution in [0.4, 0.5) is 0 Å². The molecule has 0 spiro atoms. The molecule has 4 heterocycles. The second-order valence-electron chi connectivity index (χ2n) is 8.20. The van der Waals surface area contributed by atoms with Crippen LogP contribution in [0.5, 0.6) is 5.75 Å². The Morgan fingerprint density at radius 2 is 1.94 bits per heavy atom. The number of pyridine rings is 1. The van der Waals surface area contributed by atoms with Gasteiger partial charge in [0, 0.05) is 35.1 Å². The van der Waals surface area contributed by atoms with Crippen molar-refractivity contribution in [3.63, 3.8) is 0 Å². The molecular weight excluding hydrogens is 404 g/mol. The van der Waals surface area contributed by atoms with Gasteiger partial charge >= 0.3 is 0 Å². The molecule has 0 unspecified atom stereocenters. The summed E-state index contributed by atoms with van der Waals surface area (Å²) in [5.41, 5.74) is 6.02. The number of thioether (sulfide) groups is 1. The van der Waals surface area contributed by atoms with E-state index in [9.17, 15) is 0 Å². The van der Waals surface area contributed by atoms with Crippen molar-refractivity contribution in [1.29, 1.82) is 0 Å². The minimum atomic E-state index is 0.0165. The van der Waals surface area contributed by atoms with Gasteiger partial charge in [0.2, 0.25) is 0 Å². The number of aliphatic imine (C=N–C) groups is 1. The number of hydrogen-bond acceptors (Lipinski definition) is 5. The maximum atomic E-state index is 5.35. The van der Waals surface area contributed by atoms with Gasteiger partial charge in [-0.05, 0) is 68.3 Å². The molecule has 0 amide bonds. The summed E-state index contributed by atoms with van der Waals surface area (Å²) in [5, 5.41) is 1.17. The highest BCUT2D eigenvalue weighted by molar-refractivity contribution is 8.14. The third kappa shape index (κ3) is 3.33. The van der Waals surface area contributed by atoms with Gasteiger partial charge in [0.15, 0.2) is 5.17 Å². The number of benzene rings is 1. The van der Waals surface area contributed by atoms with Crippen molar-refractivity contribution in [2.45, 2.75) is 45.3 Å². The first-order valence-corrected chi connectivity index (χ1v) is 11.8. The zero-order chi connectivity index (χ0) is 21.5. The summed E-state index contributed by atoms with van der Waals surface area (Å²) in [6.45, 7) is 6.69. The fourth-order valence-corrected chi connectivity index (χ4v) is 6.24. The highest BCUT2D eigenvalue weighted by Gasteiger charge is 2.46. The average Bonchev–Trinajstić information content (AvgIpc) is 3.46. The van der Waals surface area contributed by atoms with Gasteiger partial charge in [0.25, 0.3) is 0 Å². The molecule has 6 heteroatoms. The van der Waals surface area contributed by atoms with E-state index in [0.717, 1.165) is 29.3 Å². The Hall–Kier alpha value is -2.73. The maximum Gasteiger partial charge on any atom is 0.160 e. The number of ether oxygens (including phenoxy) is 1. The molecule has 5 rings (SSSR count). The Labute approximate surface area is 188 Å². The van der Waals surface area contributed by atoms with Crippen LogP contribution in [0.3, 0.4) is 0 Å². The standard InChI is InChI=1S/C25H28N4OS/c1-5-18-15-31-25-27-23(22-8-6-7-13-26-22)24(29(18)25)21-14-16(2)28(17(21)3)19-9-11-20(30-4)12-10-19/h6-14,18,23-24H,5,15H2,1-4H3/t18-,23-,24-/m1/s1. The molecule has 5 nitrogen and oxygen atoms in total. The van der Waals surface area contributed by atoms with Gasteiger partial charge in [-0.3, -0.25) is 9.98 Å². The van der Waals surface area contributed by atoms with E-state index >= 15 is 0 Å². The third-order valence-corrected chi connectivity index (χ3v) is 7.57. The van der Waals surface area contributed by atoms with Crippen LogP contribution in [0.15, 0.2) is 59.7 Å². The molecule has 1 saturated heterocycles. The van der Waals surface area contributed by atoms with Crippen LogP contribution < -0.4 is 4.74 Å². The molecule has 160 valence electrons. The number of fused-ring (bicyclic) bond motifs is 1. The zero-order valence-corrected chi connectivity index (χ0v) is 19.3. The minimum absolute atomic E-state index is 0.0165. The van der Waals surface area contributed by atoms with Crippen LogP contribution in [-0.4, -0.2) is 38.5 Å². The largest absolute Gasteiger partial charge is 0.497 e. The van der Waals surface area contributed by atoms with Crippen LogP contribution >= 0.6 is 11.8 Å². The number of aryl methyl sites for hydroxylation is 1. The molecule has 31 heavy (non-hydrogen) atoms. The fourth-order valence-electron chi connectivity index (χ4n) is 4.90. The zero-order valence-electron chi connectivity index (χ0n) is 18.4. The number of aromatic nitrogens is 2. The first-order valence-electron chi connectivity index (χ1n) is 10.9. The van der Waals surface area contributed by atoms with E-state index in [0.29, 0.717) is 6.04 Å². The number of hydrogen-bond donors (Lipinski definition) is 0. The number of methoxy groups -OCH3 is 1. The van der Waals surface area contributed by atoms with Crippen molar-refractivity contribution in [2.75, 3.05) is 12.9 Å². The smallest absolute Gasteiger partial charge is 0.160 e. The lowest BCUT2D eigenvalue weighted by molar-refractivity contribution is 0.254. The summed E-state index contributed by atoms with van der Waals surface area (Å²) in [4.78, 5) is 12.4. The van der Waals surface area contributed by atoms with E-state index in [1.165, 1.54) is 22.1 Å². The molecular formula is C25H28N4OS. The van der Waals surface area contributed by atoms with E-state index < -0.39 is 0 Å². The van der Waals surface area contributed by atoms with E-state index in [2.05, 4.69) is 65.6 Å². The Balaban J connectivity index is 1.61. The monoisotopic (exact) mass is 432 g/mol. The van der Waals surface area contributed by atoms with Crippen molar-refractivity contribution in [3.05, 3.63) is 77.4 Å². The number of amidine groups is 1. The molecule has 0 saturated carbocycles. The lowest BCUT2D eigenvalue weighted by Gasteiger charge is -2.32. The first-order chi connectivity index (χ1) is 15.1. The predicted octanol–water partition coefficient (Wildman–Crippen LogP) is 5.48. The molecule has 3 atom stereocenters. The van der Waals surface area contributed by atoms with Crippen molar-refractivity contribution < 1.29 is 4.74 Å². The fraction of sp³-hybridized carbons (Fsp3) is 0.360. The second kappa shape index (κ2) is 8.08. The van der Waals surface area contributed by atoms with Crippen molar-refractivity contribution >= 4 is 16.9 Å². The van der Waals surface area contributed by atoms with Crippen molar-refractivity contribution in [3.8, 4) is 11.4 Å². The van der Waals surface area contributed by atoms with Crippen LogP contribution in [0, 0.1) is 13.8 Å². The van der Waals surface area contributed by atoms with Crippen LogP contribution in [0.2, 0.25) is 0 Å². The van der Waals surface area contributed by atoms with E-state index in [4.69, 9.17) is 9.73 Å². The number of nitrogens with zero attached hydrogens (tertiary/aromatic N) is 4. The minimum Gasteiger partial charge on any atom is -0.497 e. The average molecular weight is 433 g/mol. The summed E-state index contributed by atoms with van der Waals surface area (Å²) < 4.78 is 7.69. The third-order valence-electron chi connectivity index (χ3n) is 6.45. The molecule has 0 radical (unpaired) electrons. The predicted molar refractivity (Wildman–Crippen MR) is 127 cm³/mol. The van der Waals surface area contributed by atoms with Gasteiger partial charge < -0.3 is 14.2 Å². The van der Waals surface area contributed by atoms with Crippen molar-refractivity contribution in [1.82, 2.24) is 14.5 Å². The molecule has 2 aromatic heterocycles. The SMILES string of the molecule is CC[C@@H]1CSC2=N[C@H](c3ccccn3)[C@@H](c3cc(C)n(-c4ccc(OC)cc4)c3C)N21. The van der Waals surface area contributed by atoms with Gasteiger partial charge in [-0.2, -0.15) is 0 Å². The summed E-state index contributed by atoms with van der Waals surface area (Å²) >= 11 is 1.89. The summed E-state index contributed by atoms with van der Waals surface area (Å²) in [7, 11) is 1.70. The highest BCUT2D eigenvalue weighted by Crippen LogP contribution is 2.49. The first kappa shape index (κ1) is 20.2. The molecule has 0 N–H and O–H groups in total. The Kier molecular flexibility index (Phi) is 5.26. The maximum absolute atomic E-state index is 5.35. The van der Waals surface area contributed by atoms with Gasteiger partial charge in [-0.15, -0.1) is 0 Å². The summed E-state index contributed by atoms with van der Waals surface area (Å²) in [6.07, 6.45) is 3.00. The summed E-state index contributed by atoms with van der Waals surface area (Å²) in [5.74, 6) is 1.98. The van der Waals surface area contributed by atoms with Gasteiger partial charge in [0.1, 0.15) is 11.8 Å². The summed E-state index contributed by atoms with van der Waals surface area (Å²) in [6, 6.07) is 17.5. The molecule has 0 aliphatic carbocycles. The molecule has 1 aromatic carbocycles. The lowest BCUT2D eigenvalue weighted by atomic mass is 9.95. The van der Waals surface area contributed by atoms with Gasteiger partial charge in [0.05, 0.1) is 18.8 Å². The molecule has 1 fully saturated rings. The molecule has 2 aliphatic rings. The second-order valence-corrected chi connectivity index (χ2v) is 9.18. The normalized spacial score (nSPS) is 22.5.